The maximum absolute atomic E-state index is 11.6. The Balaban J connectivity index is 2.30. The number of nitrogens with zero attached hydrogens (tertiary/aromatic N) is 1. The van der Waals surface area contributed by atoms with Crippen molar-refractivity contribution in [2.75, 3.05) is 24.6 Å². The van der Waals surface area contributed by atoms with Gasteiger partial charge in [0.25, 0.3) is 0 Å². The topological polar surface area (TPSA) is 52.6 Å². The molecule has 2 rings (SSSR count). The number of para-hydroxylation sites is 1. The average Bonchev–Trinajstić information content (AvgIpc) is 2.28. The number of carbonyl (C=O) groups excluding carboxylic acids is 1. The van der Waals surface area contributed by atoms with Crippen LogP contribution in [0.4, 0.5) is 5.69 Å². The number of rotatable bonds is 2. The lowest BCUT2D eigenvalue weighted by Crippen LogP contribution is -2.56. The molecule has 0 saturated carbocycles. The number of hydrogen-bond donors (Lipinski definition) is 2. The Labute approximate surface area is 101 Å². The molecule has 4 nitrogen and oxygen atoms in total. The average molecular weight is 234 g/mol. The van der Waals surface area contributed by atoms with Crippen molar-refractivity contribution in [2.45, 2.75) is 19.9 Å². The van der Waals surface area contributed by atoms with E-state index in [0.29, 0.717) is 13.1 Å². The van der Waals surface area contributed by atoms with Crippen LogP contribution in [-0.2, 0) is 4.79 Å². The lowest BCUT2D eigenvalue weighted by molar-refractivity contribution is -0.121. The molecule has 1 unspecified atom stereocenters. The highest BCUT2D eigenvalue weighted by molar-refractivity contribution is 5.84. The number of nitrogens with one attached hydrogen (secondary N) is 1. The number of amides is 1. The van der Waals surface area contributed by atoms with Crippen molar-refractivity contribution in [1.29, 1.82) is 0 Å². The first kappa shape index (κ1) is 11.9. The Hall–Kier alpha value is -1.55. The summed E-state index contributed by atoms with van der Waals surface area (Å²) in [5, 5.41) is 11.9. The largest absolute Gasteiger partial charge is 0.394 e. The third kappa shape index (κ3) is 2.42. The molecule has 1 aliphatic heterocycles. The van der Waals surface area contributed by atoms with Crippen molar-refractivity contribution in [1.82, 2.24) is 5.32 Å². The van der Waals surface area contributed by atoms with Gasteiger partial charge in [-0.1, -0.05) is 18.2 Å². The van der Waals surface area contributed by atoms with E-state index in [1.807, 2.05) is 36.9 Å². The Morgan fingerprint density at radius 1 is 1.41 bits per heavy atom. The van der Waals surface area contributed by atoms with Crippen molar-refractivity contribution in [3.05, 3.63) is 29.3 Å². The van der Waals surface area contributed by atoms with Gasteiger partial charge in [-0.25, -0.2) is 0 Å². The summed E-state index contributed by atoms with van der Waals surface area (Å²) >= 11 is 0. The summed E-state index contributed by atoms with van der Waals surface area (Å²) in [7, 11) is 0. The molecule has 1 heterocycles. The molecule has 1 aromatic rings. The van der Waals surface area contributed by atoms with Crippen LogP contribution >= 0.6 is 0 Å². The number of carbonyl (C=O) groups is 1. The Bertz CT molecular complexity index is 411. The molecule has 17 heavy (non-hydrogen) atoms. The van der Waals surface area contributed by atoms with E-state index < -0.39 is 0 Å². The Morgan fingerprint density at radius 2 is 2.06 bits per heavy atom. The van der Waals surface area contributed by atoms with Crippen LogP contribution in [0.15, 0.2) is 18.2 Å². The van der Waals surface area contributed by atoms with Crippen molar-refractivity contribution in [3.63, 3.8) is 0 Å². The van der Waals surface area contributed by atoms with Crippen LogP contribution in [0.25, 0.3) is 0 Å². The van der Waals surface area contributed by atoms with E-state index >= 15 is 0 Å². The molecule has 2 N–H and O–H groups in total. The second-order valence-electron chi connectivity index (χ2n) is 4.57. The number of aliphatic hydroxyl groups is 1. The first-order valence-electron chi connectivity index (χ1n) is 5.83. The van der Waals surface area contributed by atoms with Gasteiger partial charge in [0.2, 0.25) is 5.91 Å². The third-order valence-corrected chi connectivity index (χ3v) is 3.12. The second kappa shape index (κ2) is 4.75. The van der Waals surface area contributed by atoms with Crippen LogP contribution in [0, 0.1) is 13.8 Å². The van der Waals surface area contributed by atoms with Gasteiger partial charge in [-0.2, -0.15) is 0 Å². The zero-order valence-electron chi connectivity index (χ0n) is 10.2. The lowest BCUT2D eigenvalue weighted by Gasteiger charge is -2.35. The maximum Gasteiger partial charge on any atom is 0.239 e. The normalized spacial score (nSPS) is 20.3. The second-order valence-corrected chi connectivity index (χ2v) is 4.57. The number of anilines is 1. The quantitative estimate of drug-likeness (QED) is 0.788. The van der Waals surface area contributed by atoms with E-state index in [4.69, 9.17) is 0 Å². The first-order chi connectivity index (χ1) is 8.11. The van der Waals surface area contributed by atoms with Gasteiger partial charge in [-0.15, -0.1) is 0 Å². The molecule has 0 bridgehead atoms. The molecule has 1 fully saturated rings. The predicted molar refractivity (Wildman–Crippen MR) is 67.1 cm³/mol. The number of benzene rings is 1. The summed E-state index contributed by atoms with van der Waals surface area (Å²) in [6.07, 6.45) is 0. The zero-order valence-corrected chi connectivity index (χ0v) is 10.2. The summed E-state index contributed by atoms with van der Waals surface area (Å²) in [5.74, 6) is -0.0297. The van der Waals surface area contributed by atoms with E-state index in [1.165, 1.54) is 0 Å². The van der Waals surface area contributed by atoms with E-state index in [1.54, 1.807) is 0 Å². The number of hydrogen-bond acceptors (Lipinski definition) is 3. The van der Waals surface area contributed by atoms with E-state index in [9.17, 15) is 9.90 Å². The van der Waals surface area contributed by atoms with Crippen LogP contribution in [-0.4, -0.2) is 36.8 Å². The van der Waals surface area contributed by atoms with Crippen LogP contribution in [0.1, 0.15) is 11.1 Å². The Morgan fingerprint density at radius 3 is 2.65 bits per heavy atom. The summed E-state index contributed by atoms with van der Waals surface area (Å²) in [6.45, 7) is 5.09. The first-order valence-corrected chi connectivity index (χ1v) is 5.83. The van der Waals surface area contributed by atoms with Crippen molar-refractivity contribution < 1.29 is 9.90 Å². The molecule has 1 aliphatic rings. The standard InChI is InChI=1S/C13H18N2O2/c1-9-4-3-5-10(2)13(9)15-6-11(8-16)14-12(17)7-15/h3-5,11,16H,6-8H2,1-2H3,(H,14,17). The monoisotopic (exact) mass is 234 g/mol. The minimum Gasteiger partial charge on any atom is -0.394 e. The van der Waals surface area contributed by atoms with Gasteiger partial charge < -0.3 is 15.3 Å². The van der Waals surface area contributed by atoms with Crippen molar-refractivity contribution in [2.24, 2.45) is 0 Å². The summed E-state index contributed by atoms with van der Waals surface area (Å²) in [5.41, 5.74) is 3.44. The van der Waals surface area contributed by atoms with Crippen LogP contribution < -0.4 is 10.2 Å². The molecule has 1 aromatic carbocycles. The third-order valence-electron chi connectivity index (χ3n) is 3.12. The van der Waals surface area contributed by atoms with E-state index in [-0.39, 0.29) is 18.6 Å². The minimum absolute atomic E-state index is 0.0207. The SMILES string of the molecule is Cc1cccc(C)c1N1CC(=O)NC(CO)C1. The molecule has 92 valence electrons. The molecule has 1 atom stereocenters. The maximum atomic E-state index is 11.6. The Kier molecular flexibility index (Phi) is 3.33. The van der Waals surface area contributed by atoms with E-state index in [0.717, 1.165) is 16.8 Å². The van der Waals surface area contributed by atoms with Crippen LogP contribution in [0.3, 0.4) is 0 Å². The van der Waals surface area contributed by atoms with Crippen LogP contribution in [0.5, 0.6) is 0 Å². The molecule has 4 heteroatoms. The fourth-order valence-electron chi connectivity index (χ4n) is 2.40. The zero-order chi connectivity index (χ0) is 12.4. The molecule has 0 aromatic heterocycles. The molecule has 1 amide bonds. The predicted octanol–water partition coefficient (Wildman–Crippen LogP) is 0.601. The number of aryl methyl sites for hydroxylation is 2. The summed E-state index contributed by atoms with van der Waals surface area (Å²) < 4.78 is 0. The smallest absolute Gasteiger partial charge is 0.239 e. The van der Waals surface area contributed by atoms with E-state index in [2.05, 4.69) is 5.32 Å². The van der Waals surface area contributed by atoms with Gasteiger partial charge >= 0.3 is 0 Å². The van der Waals surface area contributed by atoms with Gasteiger partial charge in [0.15, 0.2) is 0 Å². The summed E-state index contributed by atoms with van der Waals surface area (Å²) in [4.78, 5) is 13.6. The molecule has 1 saturated heterocycles. The number of piperazine rings is 1. The number of aliphatic hydroxyl groups excluding tert-OH is 1. The van der Waals surface area contributed by atoms with Gasteiger partial charge in [0.1, 0.15) is 0 Å². The van der Waals surface area contributed by atoms with Gasteiger partial charge in [0, 0.05) is 12.2 Å². The molecule has 0 radical (unpaired) electrons. The highest BCUT2D eigenvalue weighted by Crippen LogP contribution is 2.25. The van der Waals surface area contributed by atoms with Gasteiger partial charge in [-0.3, -0.25) is 4.79 Å². The molecule has 0 aliphatic carbocycles. The lowest BCUT2D eigenvalue weighted by atomic mass is 10.1. The highest BCUT2D eigenvalue weighted by Gasteiger charge is 2.25. The van der Waals surface area contributed by atoms with Gasteiger partial charge in [-0.05, 0) is 25.0 Å². The molecule has 0 spiro atoms. The van der Waals surface area contributed by atoms with Crippen LogP contribution in [0.2, 0.25) is 0 Å². The summed E-state index contributed by atoms with van der Waals surface area (Å²) in [6, 6.07) is 5.93. The molecular formula is C13H18N2O2. The fourth-order valence-corrected chi connectivity index (χ4v) is 2.40. The van der Waals surface area contributed by atoms with Crippen molar-refractivity contribution >= 4 is 11.6 Å². The minimum atomic E-state index is -0.171. The highest BCUT2D eigenvalue weighted by atomic mass is 16.3. The molecular weight excluding hydrogens is 216 g/mol. The van der Waals surface area contributed by atoms with Gasteiger partial charge in [0.05, 0.1) is 19.2 Å². The fraction of sp³-hybridized carbons (Fsp3) is 0.462. The van der Waals surface area contributed by atoms with Crippen molar-refractivity contribution in [3.8, 4) is 0 Å².